The van der Waals surface area contributed by atoms with Crippen LogP contribution < -0.4 is 25.3 Å². The number of fused-ring (bicyclic) bond motifs is 2. The van der Waals surface area contributed by atoms with Crippen molar-refractivity contribution in [3.63, 3.8) is 0 Å². The Morgan fingerprint density at radius 2 is 1.79 bits per heavy atom. The number of aryl methyl sites for hydroxylation is 2. The fraction of sp³-hybridized carbons (Fsp3) is 0.321. The van der Waals surface area contributed by atoms with Crippen molar-refractivity contribution in [2.75, 3.05) is 21.3 Å². The molecule has 0 aliphatic heterocycles. The van der Waals surface area contributed by atoms with Gasteiger partial charge in [-0.3, -0.25) is 14.0 Å². The van der Waals surface area contributed by atoms with Gasteiger partial charge in [0.05, 0.1) is 32.3 Å². The summed E-state index contributed by atoms with van der Waals surface area (Å²) in [5, 5.41) is 10.3. The molecule has 0 saturated carbocycles. The first-order chi connectivity index (χ1) is 18.4. The van der Waals surface area contributed by atoms with Crippen LogP contribution in [0.2, 0.25) is 0 Å². The molecule has 0 unspecified atom stereocenters. The summed E-state index contributed by atoms with van der Waals surface area (Å²) in [5.74, 6) is 0.336. The van der Waals surface area contributed by atoms with Crippen molar-refractivity contribution in [2.24, 2.45) is 4.99 Å². The quantitative estimate of drug-likeness (QED) is 0.259. The van der Waals surface area contributed by atoms with Gasteiger partial charge in [0.15, 0.2) is 17.0 Å². The third-order valence-electron chi connectivity index (χ3n) is 6.33. The summed E-state index contributed by atoms with van der Waals surface area (Å²) >= 11 is 0. The van der Waals surface area contributed by atoms with Crippen LogP contribution in [0, 0.1) is 18.3 Å². The summed E-state index contributed by atoms with van der Waals surface area (Å²) in [7, 11) is 4.39. The molecule has 1 amide bonds. The van der Waals surface area contributed by atoms with Gasteiger partial charge in [0.2, 0.25) is 5.75 Å². The van der Waals surface area contributed by atoms with Gasteiger partial charge in [-0.2, -0.15) is 10.3 Å². The first-order valence-electron chi connectivity index (χ1n) is 12.2. The molecule has 10 nitrogen and oxygen atoms in total. The number of pyridine rings is 2. The molecule has 0 atom stereocenters. The molecule has 0 N–H and O–H groups in total. The summed E-state index contributed by atoms with van der Waals surface area (Å²) in [6, 6.07) is 10.2. The van der Waals surface area contributed by atoms with Crippen LogP contribution >= 0.6 is 0 Å². The molecule has 1 aromatic carbocycles. The number of amides is 1. The lowest BCUT2D eigenvalue weighted by Gasteiger charge is -2.15. The fourth-order valence-electron chi connectivity index (χ4n) is 4.39. The van der Waals surface area contributed by atoms with E-state index in [9.17, 15) is 14.9 Å². The highest BCUT2D eigenvalue weighted by atomic mass is 16.5. The molecule has 0 aliphatic rings. The zero-order chi connectivity index (χ0) is 27.4. The van der Waals surface area contributed by atoms with E-state index in [-0.39, 0.29) is 27.6 Å². The molecule has 0 saturated heterocycles. The Kier molecular flexibility index (Phi) is 7.76. The van der Waals surface area contributed by atoms with Gasteiger partial charge >= 0.3 is 0 Å². The molecule has 38 heavy (non-hydrogen) atoms. The van der Waals surface area contributed by atoms with Crippen LogP contribution in [-0.4, -0.2) is 41.2 Å². The number of hydrogen-bond acceptors (Lipinski definition) is 7. The Morgan fingerprint density at radius 3 is 2.39 bits per heavy atom. The average molecular weight is 516 g/mol. The van der Waals surface area contributed by atoms with Crippen molar-refractivity contribution in [3.05, 3.63) is 69.1 Å². The first-order valence-corrected chi connectivity index (χ1v) is 12.2. The zero-order valence-corrected chi connectivity index (χ0v) is 22.1. The van der Waals surface area contributed by atoms with E-state index in [1.165, 1.54) is 43.9 Å². The van der Waals surface area contributed by atoms with Gasteiger partial charge in [-0.15, -0.1) is 0 Å². The number of carbonyl (C=O) groups excluding carboxylic acids is 1. The van der Waals surface area contributed by atoms with Crippen molar-refractivity contribution >= 4 is 22.6 Å². The lowest BCUT2D eigenvalue weighted by atomic mass is 10.1. The number of aromatic nitrogens is 3. The maximum Gasteiger partial charge on any atom is 0.279 e. The molecule has 10 heteroatoms. The maximum absolute atomic E-state index is 13.4. The highest BCUT2D eigenvalue weighted by molar-refractivity contribution is 5.96. The Bertz CT molecular complexity index is 1690. The predicted octanol–water partition coefficient (Wildman–Crippen LogP) is 3.79. The molecule has 0 aliphatic carbocycles. The van der Waals surface area contributed by atoms with Gasteiger partial charge in [0.1, 0.15) is 17.4 Å². The lowest BCUT2D eigenvalue weighted by Crippen LogP contribution is -2.29. The van der Waals surface area contributed by atoms with Gasteiger partial charge in [-0.1, -0.05) is 25.8 Å². The second kappa shape index (κ2) is 11.2. The predicted molar refractivity (Wildman–Crippen MR) is 142 cm³/mol. The molecule has 3 aromatic heterocycles. The molecular weight excluding hydrogens is 486 g/mol. The summed E-state index contributed by atoms with van der Waals surface area (Å²) < 4.78 is 19.3. The smallest absolute Gasteiger partial charge is 0.279 e. The highest BCUT2D eigenvalue weighted by Crippen LogP contribution is 2.38. The topological polar surface area (TPSA) is 120 Å². The van der Waals surface area contributed by atoms with E-state index in [0.717, 1.165) is 24.8 Å². The van der Waals surface area contributed by atoms with E-state index in [4.69, 9.17) is 19.2 Å². The van der Waals surface area contributed by atoms with E-state index >= 15 is 0 Å². The maximum atomic E-state index is 13.4. The Balaban J connectivity index is 2.04. The Labute approximate surface area is 219 Å². The van der Waals surface area contributed by atoms with E-state index in [1.54, 1.807) is 16.8 Å². The van der Waals surface area contributed by atoms with Crippen molar-refractivity contribution < 1.29 is 19.0 Å². The molecule has 0 spiro atoms. The summed E-state index contributed by atoms with van der Waals surface area (Å²) in [6.07, 6.45) is 4.28. The van der Waals surface area contributed by atoms with Crippen LogP contribution in [0.15, 0.2) is 46.3 Å². The van der Waals surface area contributed by atoms with Crippen LogP contribution in [0.5, 0.6) is 17.2 Å². The molecule has 0 radical (unpaired) electrons. The van der Waals surface area contributed by atoms with Crippen LogP contribution in [0.3, 0.4) is 0 Å². The third kappa shape index (κ3) is 4.70. The largest absolute Gasteiger partial charge is 0.493 e. The molecule has 3 heterocycles. The molecular formula is C28H29N5O5. The number of rotatable bonds is 8. The number of unbranched alkanes of at least 4 members (excludes halogenated alkanes) is 2. The molecule has 0 fully saturated rings. The number of nitrogens with zero attached hydrogens (tertiary/aromatic N) is 5. The minimum Gasteiger partial charge on any atom is -0.493 e. The van der Waals surface area contributed by atoms with E-state index in [2.05, 4.69) is 18.0 Å². The number of carbonyl (C=O) groups is 1. The number of benzene rings is 1. The summed E-state index contributed by atoms with van der Waals surface area (Å²) in [5.41, 5.74) is 1.82. The van der Waals surface area contributed by atoms with Crippen molar-refractivity contribution in [1.29, 1.82) is 5.26 Å². The van der Waals surface area contributed by atoms with Gasteiger partial charge in [0, 0.05) is 18.3 Å². The zero-order valence-electron chi connectivity index (χ0n) is 22.1. The van der Waals surface area contributed by atoms with E-state index in [1.807, 2.05) is 13.0 Å². The highest BCUT2D eigenvalue weighted by Gasteiger charge is 2.19. The Hall–Kier alpha value is -4.65. The van der Waals surface area contributed by atoms with Gasteiger partial charge in [-0.05, 0) is 43.2 Å². The normalized spacial score (nSPS) is 11.5. The number of methoxy groups -OCH3 is 3. The fourth-order valence-corrected chi connectivity index (χ4v) is 4.39. The molecule has 196 valence electrons. The minimum absolute atomic E-state index is 0.0984. The lowest BCUT2D eigenvalue weighted by molar-refractivity contribution is 0.0996. The van der Waals surface area contributed by atoms with Crippen LogP contribution in [0.25, 0.3) is 16.7 Å². The second-order valence-corrected chi connectivity index (χ2v) is 8.72. The van der Waals surface area contributed by atoms with Crippen LogP contribution in [0.1, 0.15) is 47.7 Å². The standard InChI is InChI=1S/C28H29N5O5/c1-6-7-8-11-32-25(31-27(34)18-14-21(36-3)23(38-5)22(15-18)37-4)19(16-29)13-20-26(32)30-24-17(2)10-9-12-33(24)28(20)35/h9-10,12-15H,6-8,11H2,1-5H3. The van der Waals surface area contributed by atoms with Crippen molar-refractivity contribution in [3.8, 4) is 23.3 Å². The molecule has 4 aromatic rings. The SMILES string of the molecule is CCCCCn1c(=NC(=O)c2cc(OC)c(OC)c(OC)c2)c(C#N)cc2c(=O)n3cccc(C)c3nc21. The van der Waals surface area contributed by atoms with Gasteiger partial charge in [-0.25, -0.2) is 4.98 Å². The molecule has 0 bridgehead atoms. The number of nitriles is 1. The number of ether oxygens (including phenoxy) is 3. The Morgan fingerprint density at radius 1 is 1.08 bits per heavy atom. The van der Waals surface area contributed by atoms with E-state index in [0.29, 0.717) is 35.1 Å². The van der Waals surface area contributed by atoms with Gasteiger partial charge in [0.25, 0.3) is 11.5 Å². The van der Waals surface area contributed by atoms with E-state index < -0.39 is 5.91 Å². The average Bonchev–Trinajstić information content (AvgIpc) is 2.93. The van der Waals surface area contributed by atoms with Gasteiger partial charge < -0.3 is 18.8 Å². The third-order valence-corrected chi connectivity index (χ3v) is 6.33. The summed E-state index contributed by atoms with van der Waals surface area (Å²) in [6.45, 7) is 4.38. The van der Waals surface area contributed by atoms with Crippen LogP contribution in [0.4, 0.5) is 0 Å². The minimum atomic E-state index is -0.613. The molecule has 4 rings (SSSR count). The first kappa shape index (κ1) is 26.4. The second-order valence-electron chi connectivity index (χ2n) is 8.72. The van der Waals surface area contributed by atoms with Crippen LogP contribution in [-0.2, 0) is 6.54 Å². The number of hydrogen-bond donors (Lipinski definition) is 0. The summed E-state index contributed by atoms with van der Waals surface area (Å²) in [4.78, 5) is 36.0. The monoisotopic (exact) mass is 515 g/mol. The van der Waals surface area contributed by atoms with Crippen molar-refractivity contribution in [2.45, 2.75) is 39.7 Å². The van der Waals surface area contributed by atoms with Crippen molar-refractivity contribution in [1.82, 2.24) is 14.0 Å².